The van der Waals surface area contributed by atoms with Crippen molar-refractivity contribution < 1.29 is 24.2 Å². The van der Waals surface area contributed by atoms with Crippen LogP contribution in [0.5, 0.6) is 0 Å². The first-order chi connectivity index (χ1) is 11.1. The number of carbonyl (C=O) groups excluding carboxylic acids is 1. The molecule has 4 aliphatic heterocycles. The van der Waals surface area contributed by atoms with Gasteiger partial charge in [0.25, 0.3) is 0 Å². The van der Waals surface area contributed by atoms with Crippen LogP contribution in [0.15, 0.2) is 12.2 Å². The van der Waals surface area contributed by atoms with E-state index in [9.17, 15) is 14.7 Å². The van der Waals surface area contributed by atoms with Gasteiger partial charge in [0.2, 0.25) is 5.91 Å². The highest BCUT2D eigenvalue weighted by Gasteiger charge is 2.66. The maximum atomic E-state index is 12.7. The Kier molecular flexibility index (Phi) is 3.66. The molecule has 0 saturated carbocycles. The van der Waals surface area contributed by atoms with Crippen molar-refractivity contribution in [2.24, 2.45) is 11.8 Å². The zero-order chi connectivity index (χ0) is 16.0. The lowest BCUT2D eigenvalue weighted by molar-refractivity contribution is -0.148. The van der Waals surface area contributed by atoms with Crippen LogP contribution in [0.3, 0.4) is 0 Å². The number of hydrogen-bond donors (Lipinski definition) is 1. The molecular weight excluding hydrogens is 300 g/mol. The summed E-state index contributed by atoms with van der Waals surface area (Å²) in [6, 6.07) is 0. The lowest BCUT2D eigenvalue weighted by Crippen LogP contribution is -2.40. The van der Waals surface area contributed by atoms with E-state index in [1.54, 1.807) is 11.0 Å². The Balaban J connectivity index is 1.38. The second-order valence-electron chi connectivity index (χ2n) is 6.81. The number of morpholine rings is 1. The molecule has 23 heavy (non-hydrogen) atoms. The van der Waals surface area contributed by atoms with Crippen molar-refractivity contribution in [3.63, 3.8) is 0 Å². The molecule has 0 unspecified atom stereocenters. The number of hydrogen-bond acceptors (Lipinski definition) is 5. The number of aliphatic carboxylic acids is 1. The predicted molar refractivity (Wildman–Crippen MR) is 79.8 cm³/mol. The molecule has 4 heterocycles. The third kappa shape index (κ3) is 2.38. The molecule has 0 aromatic carbocycles. The summed E-state index contributed by atoms with van der Waals surface area (Å²) in [6.45, 7) is 5.50. The van der Waals surface area contributed by atoms with Gasteiger partial charge in [0.05, 0.1) is 31.8 Å². The molecule has 4 atom stereocenters. The molecule has 4 aliphatic rings. The van der Waals surface area contributed by atoms with E-state index < -0.39 is 29.5 Å². The molecule has 0 aromatic rings. The van der Waals surface area contributed by atoms with Gasteiger partial charge < -0.3 is 19.5 Å². The van der Waals surface area contributed by atoms with Crippen molar-refractivity contribution in [2.45, 2.75) is 18.1 Å². The Morgan fingerprint density at radius 2 is 2.13 bits per heavy atom. The van der Waals surface area contributed by atoms with Crippen molar-refractivity contribution in [3.05, 3.63) is 12.2 Å². The van der Waals surface area contributed by atoms with Crippen LogP contribution in [-0.4, -0.2) is 84.4 Å². The minimum absolute atomic E-state index is 0.0637. The summed E-state index contributed by atoms with van der Waals surface area (Å²) in [6.07, 6.45) is 4.15. The molecule has 0 radical (unpaired) electrons. The van der Waals surface area contributed by atoms with E-state index in [2.05, 4.69) is 4.90 Å². The van der Waals surface area contributed by atoms with Crippen LogP contribution < -0.4 is 0 Å². The first kappa shape index (κ1) is 15.1. The highest BCUT2D eigenvalue weighted by atomic mass is 16.5. The van der Waals surface area contributed by atoms with Gasteiger partial charge in [0, 0.05) is 26.2 Å². The van der Waals surface area contributed by atoms with Gasteiger partial charge in [-0.25, -0.2) is 0 Å². The second kappa shape index (κ2) is 5.58. The highest BCUT2D eigenvalue weighted by Crippen LogP contribution is 2.51. The number of ether oxygens (including phenoxy) is 2. The predicted octanol–water partition coefficient (Wildman–Crippen LogP) is -0.425. The lowest BCUT2D eigenvalue weighted by atomic mass is 9.77. The van der Waals surface area contributed by atoms with E-state index in [1.807, 2.05) is 6.08 Å². The summed E-state index contributed by atoms with van der Waals surface area (Å²) >= 11 is 0. The Bertz CT molecular complexity index is 545. The van der Waals surface area contributed by atoms with E-state index in [1.165, 1.54) is 0 Å². The summed E-state index contributed by atoms with van der Waals surface area (Å²) in [5.74, 6) is -2.30. The van der Waals surface area contributed by atoms with Gasteiger partial charge >= 0.3 is 5.97 Å². The van der Waals surface area contributed by atoms with Crippen LogP contribution in [0.4, 0.5) is 0 Å². The van der Waals surface area contributed by atoms with E-state index in [4.69, 9.17) is 9.47 Å². The monoisotopic (exact) mass is 322 g/mol. The van der Waals surface area contributed by atoms with Crippen molar-refractivity contribution in [1.82, 2.24) is 9.80 Å². The van der Waals surface area contributed by atoms with Crippen molar-refractivity contribution in [3.8, 4) is 0 Å². The van der Waals surface area contributed by atoms with Gasteiger partial charge in [-0.05, 0) is 6.42 Å². The second-order valence-corrected chi connectivity index (χ2v) is 6.81. The number of amides is 1. The fraction of sp³-hybridized carbons (Fsp3) is 0.750. The fourth-order valence-corrected chi connectivity index (χ4v) is 4.36. The summed E-state index contributed by atoms with van der Waals surface area (Å²) in [4.78, 5) is 28.3. The average molecular weight is 322 g/mol. The number of likely N-dealkylation sites (tertiary alicyclic amines) is 1. The third-order valence-corrected chi connectivity index (χ3v) is 5.47. The van der Waals surface area contributed by atoms with Crippen molar-refractivity contribution in [1.29, 1.82) is 0 Å². The summed E-state index contributed by atoms with van der Waals surface area (Å²) < 4.78 is 11.2. The molecule has 3 saturated heterocycles. The molecule has 126 valence electrons. The van der Waals surface area contributed by atoms with Gasteiger partial charge in [0.1, 0.15) is 11.5 Å². The number of fused-ring (bicyclic) bond motifs is 1. The minimum atomic E-state index is -0.935. The first-order valence-corrected chi connectivity index (χ1v) is 8.30. The Labute approximate surface area is 134 Å². The zero-order valence-corrected chi connectivity index (χ0v) is 13.0. The van der Waals surface area contributed by atoms with Gasteiger partial charge in [-0.1, -0.05) is 12.2 Å². The van der Waals surface area contributed by atoms with Crippen molar-refractivity contribution in [2.75, 3.05) is 45.9 Å². The molecule has 0 aliphatic carbocycles. The topological polar surface area (TPSA) is 79.3 Å². The van der Waals surface area contributed by atoms with E-state index in [-0.39, 0.29) is 5.91 Å². The zero-order valence-electron chi connectivity index (χ0n) is 13.0. The van der Waals surface area contributed by atoms with Gasteiger partial charge in [-0.15, -0.1) is 0 Å². The van der Waals surface area contributed by atoms with Gasteiger partial charge in [-0.3, -0.25) is 14.5 Å². The summed E-state index contributed by atoms with van der Waals surface area (Å²) in [7, 11) is 0. The van der Waals surface area contributed by atoms with Crippen LogP contribution in [0.25, 0.3) is 0 Å². The highest BCUT2D eigenvalue weighted by molar-refractivity contribution is 5.90. The standard InChI is InChI=1S/C16H22N2O5/c19-14-13-12(15(20)21)11-2-3-16(13,23-11)10-18(14)5-1-4-17-6-8-22-9-7-17/h2-3,11-13H,1,4-10H2,(H,20,21)/t11-,12+,13+,16-/m0/s1. The quantitative estimate of drug-likeness (QED) is 0.692. The van der Waals surface area contributed by atoms with E-state index >= 15 is 0 Å². The summed E-state index contributed by atoms with van der Waals surface area (Å²) in [5.41, 5.74) is -0.705. The Hall–Kier alpha value is -1.44. The number of nitrogens with zero attached hydrogens (tertiary/aromatic N) is 2. The van der Waals surface area contributed by atoms with Crippen LogP contribution in [0.2, 0.25) is 0 Å². The molecule has 7 nitrogen and oxygen atoms in total. The van der Waals surface area contributed by atoms with Crippen LogP contribution >= 0.6 is 0 Å². The molecule has 0 aromatic heterocycles. The SMILES string of the molecule is O=C(O)[C@@H]1[C@@H]2C=C[C@@]3(CN(CCCN4CCOCC4)C(=O)[C@@H]13)O2. The molecule has 7 heteroatoms. The number of carbonyl (C=O) groups is 2. The number of carboxylic acid groups (broad SMARTS) is 1. The Morgan fingerprint density at radius 3 is 2.87 bits per heavy atom. The van der Waals surface area contributed by atoms with E-state index in [0.717, 1.165) is 39.3 Å². The van der Waals surface area contributed by atoms with Gasteiger partial charge in [0.15, 0.2) is 0 Å². The maximum Gasteiger partial charge on any atom is 0.310 e. The minimum Gasteiger partial charge on any atom is -0.481 e. The normalized spacial score (nSPS) is 39.2. The van der Waals surface area contributed by atoms with Crippen LogP contribution in [-0.2, 0) is 19.1 Å². The molecule has 1 N–H and O–H groups in total. The Morgan fingerprint density at radius 1 is 1.35 bits per heavy atom. The van der Waals surface area contributed by atoms with Gasteiger partial charge in [-0.2, -0.15) is 0 Å². The molecule has 3 fully saturated rings. The largest absolute Gasteiger partial charge is 0.481 e. The maximum absolute atomic E-state index is 12.7. The van der Waals surface area contributed by atoms with E-state index in [0.29, 0.717) is 13.1 Å². The fourth-order valence-electron chi connectivity index (χ4n) is 4.36. The number of carboxylic acids is 1. The molecular formula is C16H22N2O5. The third-order valence-electron chi connectivity index (χ3n) is 5.47. The summed E-state index contributed by atoms with van der Waals surface area (Å²) in [5, 5.41) is 9.43. The van der Waals surface area contributed by atoms with Crippen LogP contribution in [0.1, 0.15) is 6.42 Å². The lowest BCUT2D eigenvalue weighted by Gasteiger charge is -2.27. The molecule has 1 spiro atoms. The molecule has 2 bridgehead atoms. The molecule has 1 amide bonds. The van der Waals surface area contributed by atoms with Crippen LogP contribution in [0, 0.1) is 11.8 Å². The molecule has 4 rings (SSSR count). The van der Waals surface area contributed by atoms with Crippen molar-refractivity contribution >= 4 is 11.9 Å². The first-order valence-electron chi connectivity index (χ1n) is 8.30. The smallest absolute Gasteiger partial charge is 0.310 e. The average Bonchev–Trinajstić information content (AvgIpc) is 3.17. The number of rotatable bonds is 5.